The number of carbonyl (C=O) groups is 2. The lowest BCUT2D eigenvalue weighted by Crippen LogP contribution is -2.53. The number of nitrogens with zero attached hydrogens (tertiary/aromatic N) is 2. The zero-order chi connectivity index (χ0) is 26.5. The SMILES string of the molecule is Cc1ccccc1CN(C(=O)CN(c1ccc(Cl)cc1Cl)S(C)(=O)=O)[C@H](C)C(=O)NC1CCCCC1. The number of aryl methyl sites for hydroxylation is 1. The molecule has 0 bridgehead atoms. The van der Waals surface area contributed by atoms with Crippen LogP contribution in [0.15, 0.2) is 42.5 Å². The van der Waals surface area contributed by atoms with Gasteiger partial charge in [0.05, 0.1) is 17.0 Å². The number of hydrogen-bond donors (Lipinski definition) is 1. The Hall–Kier alpha value is -2.29. The first-order valence-corrected chi connectivity index (χ1v) is 14.6. The molecule has 1 N–H and O–H groups in total. The minimum absolute atomic E-state index is 0.0875. The second kappa shape index (κ2) is 12.3. The Labute approximate surface area is 223 Å². The number of carbonyl (C=O) groups excluding carboxylic acids is 2. The highest BCUT2D eigenvalue weighted by atomic mass is 35.5. The monoisotopic (exact) mass is 553 g/mol. The molecular formula is C26H33Cl2N3O4S. The number of anilines is 1. The standard InChI is InChI=1S/C26H33Cl2N3O4S/c1-18-9-7-8-10-20(18)16-30(19(2)26(33)29-22-11-5-4-6-12-22)25(32)17-31(36(3,34)35)24-14-13-21(27)15-23(24)28/h7-10,13-15,19,22H,4-6,11-12,16-17H2,1-3H3,(H,29,33)/t19-/m1/s1. The van der Waals surface area contributed by atoms with E-state index in [2.05, 4.69) is 5.32 Å². The summed E-state index contributed by atoms with van der Waals surface area (Å²) >= 11 is 12.3. The van der Waals surface area contributed by atoms with Gasteiger partial charge in [-0.05, 0) is 56.0 Å². The fourth-order valence-electron chi connectivity index (χ4n) is 4.40. The Morgan fingerprint density at radius 2 is 1.75 bits per heavy atom. The van der Waals surface area contributed by atoms with Crippen molar-refractivity contribution in [2.75, 3.05) is 17.1 Å². The normalized spacial score (nSPS) is 15.2. The predicted octanol–water partition coefficient (Wildman–Crippen LogP) is 4.93. The van der Waals surface area contributed by atoms with Crippen molar-refractivity contribution in [3.63, 3.8) is 0 Å². The lowest BCUT2D eigenvalue weighted by Gasteiger charge is -2.33. The number of rotatable bonds is 9. The zero-order valence-electron chi connectivity index (χ0n) is 20.8. The minimum atomic E-state index is -3.87. The van der Waals surface area contributed by atoms with Crippen LogP contribution in [-0.2, 0) is 26.2 Å². The van der Waals surface area contributed by atoms with Crippen molar-refractivity contribution in [2.45, 2.75) is 64.6 Å². The molecule has 1 aliphatic rings. The molecule has 0 radical (unpaired) electrons. The molecule has 0 saturated heterocycles. The molecular weight excluding hydrogens is 521 g/mol. The second-order valence-electron chi connectivity index (χ2n) is 9.33. The zero-order valence-corrected chi connectivity index (χ0v) is 23.2. The topological polar surface area (TPSA) is 86.8 Å². The quantitative estimate of drug-likeness (QED) is 0.476. The fourth-order valence-corrected chi connectivity index (χ4v) is 5.82. The van der Waals surface area contributed by atoms with Crippen molar-refractivity contribution in [3.05, 3.63) is 63.6 Å². The average molecular weight is 555 g/mol. The van der Waals surface area contributed by atoms with Gasteiger partial charge in [-0.25, -0.2) is 8.42 Å². The molecule has 2 amide bonds. The third-order valence-corrected chi connectivity index (χ3v) is 8.24. The third-order valence-electron chi connectivity index (χ3n) is 6.58. The molecule has 0 aliphatic heterocycles. The average Bonchev–Trinajstić information content (AvgIpc) is 2.82. The molecule has 0 spiro atoms. The molecule has 0 heterocycles. The van der Waals surface area contributed by atoms with Crippen LogP contribution >= 0.6 is 23.2 Å². The molecule has 7 nitrogen and oxygen atoms in total. The summed E-state index contributed by atoms with van der Waals surface area (Å²) in [6.45, 7) is 3.26. The minimum Gasteiger partial charge on any atom is -0.352 e. The maximum Gasteiger partial charge on any atom is 0.244 e. The largest absolute Gasteiger partial charge is 0.352 e. The smallest absolute Gasteiger partial charge is 0.244 e. The first-order valence-electron chi connectivity index (χ1n) is 12.0. The van der Waals surface area contributed by atoms with Gasteiger partial charge in [-0.3, -0.25) is 13.9 Å². The summed E-state index contributed by atoms with van der Waals surface area (Å²) in [6.07, 6.45) is 6.14. The van der Waals surface area contributed by atoms with E-state index in [1.807, 2.05) is 31.2 Å². The van der Waals surface area contributed by atoms with Crippen molar-refractivity contribution in [1.82, 2.24) is 10.2 Å². The lowest BCUT2D eigenvalue weighted by molar-refractivity contribution is -0.139. The van der Waals surface area contributed by atoms with Crippen LogP contribution in [0.1, 0.15) is 50.2 Å². The Balaban J connectivity index is 1.90. The van der Waals surface area contributed by atoms with Gasteiger partial charge in [-0.15, -0.1) is 0 Å². The highest BCUT2D eigenvalue weighted by molar-refractivity contribution is 7.92. The van der Waals surface area contributed by atoms with E-state index >= 15 is 0 Å². The van der Waals surface area contributed by atoms with Gasteiger partial charge in [-0.2, -0.15) is 0 Å². The van der Waals surface area contributed by atoms with Crippen LogP contribution in [-0.4, -0.2) is 50.0 Å². The van der Waals surface area contributed by atoms with Gasteiger partial charge >= 0.3 is 0 Å². The fraction of sp³-hybridized carbons (Fsp3) is 0.462. The van der Waals surface area contributed by atoms with Gasteiger partial charge in [0, 0.05) is 17.6 Å². The Kier molecular flexibility index (Phi) is 9.66. The molecule has 1 fully saturated rings. The van der Waals surface area contributed by atoms with E-state index in [9.17, 15) is 18.0 Å². The van der Waals surface area contributed by atoms with Crippen LogP contribution in [0.5, 0.6) is 0 Å². The number of halogens is 2. The number of hydrogen-bond acceptors (Lipinski definition) is 4. The molecule has 1 saturated carbocycles. The highest BCUT2D eigenvalue weighted by Gasteiger charge is 2.32. The molecule has 0 unspecified atom stereocenters. The molecule has 10 heteroatoms. The summed E-state index contributed by atoms with van der Waals surface area (Å²) < 4.78 is 26.3. The van der Waals surface area contributed by atoms with Crippen molar-refractivity contribution in [1.29, 1.82) is 0 Å². The summed E-state index contributed by atoms with van der Waals surface area (Å²) in [6, 6.07) is 11.3. The summed E-state index contributed by atoms with van der Waals surface area (Å²) in [5, 5.41) is 3.54. The van der Waals surface area contributed by atoms with Crippen molar-refractivity contribution in [3.8, 4) is 0 Å². The van der Waals surface area contributed by atoms with Crippen LogP contribution in [0.2, 0.25) is 10.0 Å². The summed E-state index contributed by atoms with van der Waals surface area (Å²) in [4.78, 5) is 28.3. The van der Waals surface area contributed by atoms with E-state index in [1.165, 1.54) is 23.1 Å². The summed E-state index contributed by atoms with van der Waals surface area (Å²) in [7, 11) is -3.87. The van der Waals surface area contributed by atoms with Gasteiger partial charge in [0.25, 0.3) is 0 Å². The Morgan fingerprint density at radius 1 is 1.08 bits per heavy atom. The Morgan fingerprint density at radius 3 is 2.36 bits per heavy atom. The number of nitrogens with one attached hydrogen (secondary N) is 1. The molecule has 36 heavy (non-hydrogen) atoms. The summed E-state index contributed by atoms with van der Waals surface area (Å²) in [5.74, 6) is -0.764. The van der Waals surface area contributed by atoms with Crippen molar-refractivity contribution in [2.24, 2.45) is 0 Å². The molecule has 1 atom stereocenters. The van der Waals surface area contributed by atoms with Gasteiger partial charge < -0.3 is 10.2 Å². The van der Waals surface area contributed by atoms with Crippen LogP contribution in [0, 0.1) is 6.92 Å². The number of amides is 2. The molecule has 196 valence electrons. The number of sulfonamides is 1. The van der Waals surface area contributed by atoms with Crippen LogP contribution in [0.3, 0.4) is 0 Å². The predicted molar refractivity (Wildman–Crippen MR) is 145 cm³/mol. The molecule has 2 aromatic rings. The third kappa shape index (κ3) is 7.37. The van der Waals surface area contributed by atoms with Crippen LogP contribution < -0.4 is 9.62 Å². The second-order valence-corrected chi connectivity index (χ2v) is 12.1. The van der Waals surface area contributed by atoms with Crippen LogP contribution in [0.4, 0.5) is 5.69 Å². The van der Waals surface area contributed by atoms with E-state index in [-0.39, 0.29) is 29.2 Å². The first kappa shape index (κ1) is 28.3. The van der Waals surface area contributed by atoms with Crippen molar-refractivity contribution >= 4 is 50.7 Å². The summed E-state index contributed by atoms with van der Waals surface area (Å²) in [5.41, 5.74) is 1.99. The number of benzene rings is 2. The van der Waals surface area contributed by atoms with Gasteiger partial charge in [0.1, 0.15) is 12.6 Å². The maximum absolute atomic E-state index is 13.7. The van der Waals surface area contributed by atoms with Gasteiger partial charge in [0.2, 0.25) is 21.8 Å². The van der Waals surface area contributed by atoms with Gasteiger partial charge in [-0.1, -0.05) is 66.7 Å². The molecule has 1 aliphatic carbocycles. The van der Waals surface area contributed by atoms with E-state index in [1.54, 1.807) is 6.92 Å². The van der Waals surface area contributed by atoms with Crippen molar-refractivity contribution < 1.29 is 18.0 Å². The maximum atomic E-state index is 13.7. The van der Waals surface area contributed by atoms with Gasteiger partial charge in [0.15, 0.2) is 0 Å². The molecule has 0 aromatic heterocycles. The first-order chi connectivity index (χ1) is 17.0. The molecule has 3 rings (SSSR count). The Bertz CT molecular complexity index is 1200. The van der Waals surface area contributed by atoms with E-state index < -0.39 is 28.5 Å². The molecule has 2 aromatic carbocycles. The van der Waals surface area contributed by atoms with E-state index in [4.69, 9.17) is 23.2 Å². The lowest BCUT2D eigenvalue weighted by atomic mass is 9.95. The van der Waals surface area contributed by atoms with E-state index in [0.717, 1.165) is 53.8 Å². The van der Waals surface area contributed by atoms with Crippen LogP contribution in [0.25, 0.3) is 0 Å². The van der Waals surface area contributed by atoms with E-state index in [0.29, 0.717) is 5.02 Å². The highest BCUT2D eigenvalue weighted by Crippen LogP contribution is 2.30.